The standard InChI is InChI=1S/C35H47N5O4/c1-23-7-8-25-26(18-23)27(28(29-21-36-22-38(29)4)20-30(41)43-34(2)9-10-34)19-24-6-5-13-37-31(24)32(25)39-14-16-40(17-15-39)33(42)44-35(3)11-12-35/h5-6,13,19,21-23,25-26,28,32H,7-12,14-18,20H2,1-4H3/t23?,25?,26?,28-,32+/m1/s1. The molecule has 9 heteroatoms. The molecular weight excluding hydrogens is 554 g/mol. The highest BCUT2D eigenvalue weighted by Crippen LogP contribution is 2.53. The van der Waals surface area contributed by atoms with E-state index in [0.29, 0.717) is 37.3 Å². The van der Waals surface area contributed by atoms with Crippen molar-refractivity contribution in [3.8, 4) is 0 Å². The third-order valence-corrected chi connectivity index (χ3v) is 11.0. The minimum atomic E-state index is -0.305. The lowest BCUT2D eigenvalue weighted by molar-refractivity contribution is -0.150. The molecule has 0 N–H and O–H groups in total. The van der Waals surface area contributed by atoms with E-state index in [4.69, 9.17) is 14.5 Å². The van der Waals surface area contributed by atoms with Crippen LogP contribution in [-0.2, 0) is 21.3 Å². The van der Waals surface area contributed by atoms with Crippen LogP contribution < -0.4 is 0 Å². The van der Waals surface area contributed by atoms with Gasteiger partial charge in [0.25, 0.3) is 0 Å². The van der Waals surface area contributed by atoms with E-state index in [2.05, 4.69) is 33.5 Å². The van der Waals surface area contributed by atoms with Crippen molar-refractivity contribution >= 4 is 18.1 Å². The maximum absolute atomic E-state index is 13.5. The Bertz CT molecular complexity index is 1430. The number of aryl methyl sites for hydroxylation is 1. The number of pyridine rings is 1. The van der Waals surface area contributed by atoms with Gasteiger partial charge in [-0.25, -0.2) is 9.78 Å². The molecule has 5 atom stereocenters. The highest BCUT2D eigenvalue weighted by atomic mass is 16.6. The van der Waals surface area contributed by atoms with Crippen LogP contribution in [0.2, 0.25) is 0 Å². The summed E-state index contributed by atoms with van der Waals surface area (Å²) in [5.41, 5.74) is 4.03. The number of fused-ring (bicyclic) bond motifs is 2. The molecule has 1 amide bonds. The Balaban J connectivity index is 1.21. The van der Waals surface area contributed by atoms with Crippen LogP contribution in [-0.4, -0.2) is 73.8 Å². The molecular formula is C35H47N5O4. The average Bonchev–Trinajstić information content (AvgIpc) is 3.88. The maximum atomic E-state index is 13.5. The number of carbonyl (C=O) groups excluding carboxylic acids is 2. The molecule has 3 heterocycles. The van der Waals surface area contributed by atoms with Gasteiger partial charge >= 0.3 is 12.1 Å². The number of carbonyl (C=O) groups is 2. The summed E-state index contributed by atoms with van der Waals surface area (Å²) in [4.78, 5) is 40.3. The number of imidazole rings is 1. The number of allylic oxidation sites excluding steroid dienone is 1. The van der Waals surface area contributed by atoms with E-state index in [1.807, 2.05) is 50.6 Å². The van der Waals surface area contributed by atoms with Gasteiger partial charge in [-0.1, -0.05) is 31.1 Å². The maximum Gasteiger partial charge on any atom is 0.410 e. The predicted octanol–water partition coefficient (Wildman–Crippen LogP) is 5.88. The van der Waals surface area contributed by atoms with E-state index >= 15 is 0 Å². The lowest BCUT2D eigenvalue weighted by atomic mass is 9.65. The number of ether oxygens (including phenoxy) is 2. The van der Waals surface area contributed by atoms with Crippen LogP contribution in [0.25, 0.3) is 6.08 Å². The molecule has 7 rings (SSSR count). The van der Waals surface area contributed by atoms with E-state index in [0.717, 1.165) is 68.6 Å². The Morgan fingerprint density at radius 2 is 1.77 bits per heavy atom. The lowest BCUT2D eigenvalue weighted by Gasteiger charge is -2.47. The van der Waals surface area contributed by atoms with Gasteiger partial charge in [0.05, 0.1) is 24.5 Å². The molecule has 1 saturated heterocycles. The minimum absolute atomic E-state index is 0.127. The number of amides is 1. The van der Waals surface area contributed by atoms with Crippen molar-refractivity contribution < 1.29 is 19.1 Å². The largest absolute Gasteiger partial charge is 0.459 e. The summed E-state index contributed by atoms with van der Waals surface area (Å²) in [6.45, 7) is 9.31. The van der Waals surface area contributed by atoms with E-state index in [1.165, 1.54) is 12.0 Å². The van der Waals surface area contributed by atoms with E-state index in [9.17, 15) is 9.59 Å². The van der Waals surface area contributed by atoms with Gasteiger partial charge in [0.15, 0.2) is 0 Å². The molecule has 236 valence electrons. The third-order valence-electron chi connectivity index (χ3n) is 11.0. The predicted molar refractivity (Wildman–Crippen MR) is 167 cm³/mol. The molecule has 44 heavy (non-hydrogen) atoms. The second kappa shape index (κ2) is 11.3. The first kappa shape index (κ1) is 29.5. The number of rotatable bonds is 7. The first-order valence-electron chi connectivity index (χ1n) is 16.7. The van der Waals surface area contributed by atoms with Gasteiger partial charge in [0, 0.05) is 57.2 Å². The number of piperazine rings is 1. The van der Waals surface area contributed by atoms with E-state index in [1.54, 1.807) is 0 Å². The van der Waals surface area contributed by atoms with Gasteiger partial charge in [0.2, 0.25) is 0 Å². The molecule has 2 aromatic heterocycles. The van der Waals surface area contributed by atoms with Gasteiger partial charge in [-0.2, -0.15) is 0 Å². The molecule has 4 aliphatic carbocycles. The zero-order valence-electron chi connectivity index (χ0n) is 26.7. The van der Waals surface area contributed by atoms with E-state index < -0.39 is 0 Å². The van der Waals surface area contributed by atoms with Gasteiger partial charge in [-0.15, -0.1) is 0 Å². The first-order valence-corrected chi connectivity index (χ1v) is 16.7. The summed E-state index contributed by atoms with van der Waals surface area (Å²) in [7, 11) is 2.02. The van der Waals surface area contributed by atoms with Crippen molar-refractivity contribution in [3.05, 3.63) is 53.4 Å². The number of nitrogens with zero attached hydrogens (tertiary/aromatic N) is 5. The van der Waals surface area contributed by atoms with Crippen LogP contribution in [0, 0.1) is 17.8 Å². The summed E-state index contributed by atoms with van der Waals surface area (Å²) in [5, 5.41) is 0. The molecule has 0 aromatic carbocycles. The zero-order valence-corrected chi connectivity index (χ0v) is 26.7. The molecule has 5 aliphatic rings. The third kappa shape index (κ3) is 5.92. The van der Waals surface area contributed by atoms with Crippen LogP contribution >= 0.6 is 0 Å². The second-order valence-electron chi connectivity index (χ2n) is 14.7. The SMILES string of the molecule is CC1CCC2C(C1)C([C@@H](CC(=O)OC1(C)CC1)c1cncn1C)=Cc1cccnc1[C@H]2N1CCN(C(=O)OC2(C)CC2)CC1. The summed E-state index contributed by atoms with van der Waals surface area (Å²) in [6, 6.07) is 4.35. The van der Waals surface area contributed by atoms with E-state index in [-0.39, 0.29) is 35.2 Å². The Hall–Kier alpha value is -3.20. The van der Waals surface area contributed by atoms with Crippen molar-refractivity contribution in [1.29, 1.82) is 0 Å². The Kier molecular flexibility index (Phi) is 7.58. The average molecular weight is 602 g/mol. The number of aromatic nitrogens is 3. The molecule has 0 bridgehead atoms. The molecule has 3 unspecified atom stereocenters. The monoisotopic (exact) mass is 601 g/mol. The quantitative estimate of drug-likeness (QED) is 0.366. The van der Waals surface area contributed by atoms with Crippen LogP contribution in [0.4, 0.5) is 4.79 Å². The van der Waals surface area contributed by atoms with Crippen molar-refractivity contribution in [3.63, 3.8) is 0 Å². The Morgan fingerprint density at radius 1 is 1.05 bits per heavy atom. The second-order valence-corrected chi connectivity index (χ2v) is 14.7. The Morgan fingerprint density at radius 3 is 2.45 bits per heavy atom. The normalized spacial score (nSPS) is 29.4. The summed E-state index contributed by atoms with van der Waals surface area (Å²) >= 11 is 0. The van der Waals surface area contributed by atoms with Crippen molar-refractivity contribution in [2.24, 2.45) is 24.8 Å². The number of esters is 1. The summed E-state index contributed by atoms with van der Waals surface area (Å²) in [6.07, 6.45) is 15.3. The van der Waals surface area contributed by atoms with Crippen molar-refractivity contribution in [2.75, 3.05) is 26.2 Å². The van der Waals surface area contributed by atoms with Gasteiger partial charge < -0.3 is 18.9 Å². The number of hydrogen-bond acceptors (Lipinski definition) is 7. The van der Waals surface area contributed by atoms with Crippen LogP contribution in [0.5, 0.6) is 0 Å². The van der Waals surface area contributed by atoms with Gasteiger partial charge in [-0.05, 0) is 81.8 Å². The summed E-state index contributed by atoms with van der Waals surface area (Å²) < 4.78 is 13.8. The lowest BCUT2D eigenvalue weighted by Crippen LogP contribution is -2.52. The molecule has 3 saturated carbocycles. The highest BCUT2D eigenvalue weighted by Gasteiger charge is 2.47. The molecule has 0 spiro atoms. The molecule has 1 aliphatic heterocycles. The number of hydrogen-bond donors (Lipinski definition) is 0. The fraction of sp³-hybridized carbons (Fsp3) is 0.657. The topological polar surface area (TPSA) is 89.8 Å². The molecule has 9 nitrogen and oxygen atoms in total. The summed E-state index contributed by atoms with van der Waals surface area (Å²) in [5.74, 6) is 0.977. The van der Waals surface area contributed by atoms with Crippen LogP contribution in [0.15, 0.2) is 36.4 Å². The zero-order chi connectivity index (χ0) is 30.6. The fourth-order valence-corrected chi connectivity index (χ4v) is 7.85. The first-order chi connectivity index (χ1) is 21.1. The fourth-order valence-electron chi connectivity index (χ4n) is 7.85. The highest BCUT2D eigenvalue weighted by molar-refractivity contribution is 5.73. The van der Waals surface area contributed by atoms with Gasteiger partial charge in [-0.3, -0.25) is 14.7 Å². The molecule has 4 fully saturated rings. The van der Waals surface area contributed by atoms with Crippen molar-refractivity contribution in [2.45, 2.75) is 95.3 Å². The van der Waals surface area contributed by atoms with Crippen LogP contribution in [0.3, 0.4) is 0 Å². The van der Waals surface area contributed by atoms with Crippen LogP contribution in [0.1, 0.15) is 101 Å². The van der Waals surface area contributed by atoms with Gasteiger partial charge in [0.1, 0.15) is 11.2 Å². The smallest absolute Gasteiger partial charge is 0.410 e. The molecule has 2 aromatic rings. The Labute approximate surface area is 261 Å². The minimum Gasteiger partial charge on any atom is -0.459 e. The van der Waals surface area contributed by atoms with Crippen molar-refractivity contribution in [1.82, 2.24) is 24.3 Å². The molecule has 0 radical (unpaired) electrons.